The van der Waals surface area contributed by atoms with Crippen molar-refractivity contribution in [3.63, 3.8) is 0 Å². The lowest BCUT2D eigenvalue weighted by Gasteiger charge is -2.24. The molecule has 1 unspecified atom stereocenters. The van der Waals surface area contributed by atoms with Crippen molar-refractivity contribution in [3.05, 3.63) is 34.9 Å². The van der Waals surface area contributed by atoms with Gasteiger partial charge in [0.05, 0.1) is 0 Å². The molecule has 1 heterocycles. The molecule has 1 saturated heterocycles. The molecule has 20 heavy (non-hydrogen) atoms. The van der Waals surface area contributed by atoms with Gasteiger partial charge in [0.1, 0.15) is 0 Å². The van der Waals surface area contributed by atoms with Gasteiger partial charge in [0.15, 0.2) is 0 Å². The summed E-state index contributed by atoms with van der Waals surface area (Å²) in [6.07, 6.45) is 0.164. The van der Waals surface area contributed by atoms with Crippen LogP contribution in [0.1, 0.15) is 18.9 Å². The number of likely N-dealkylation sites (tertiary alicyclic amines) is 1. The van der Waals surface area contributed by atoms with E-state index < -0.39 is 6.09 Å². The van der Waals surface area contributed by atoms with Gasteiger partial charge in [0, 0.05) is 31.2 Å². The van der Waals surface area contributed by atoms with Gasteiger partial charge in [-0.15, -0.1) is 0 Å². The summed E-state index contributed by atoms with van der Waals surface area (Å²) in [7, 11) is 0. The van der Waals surface area contributed by atoms with Crippen molar-refractivity contribution in [3.8, 4) is 0 Å². The van der Waals surface area contributed by atoms with Crippen LogP contribution in [0.15, 0.2) is 24.3 Å². The molecular formula is C15H21ClN2O2. The minimum Gasteiger partial charge on any atom is -0.465 e. The van der Waals surface area contributed by atoms with E-state index in [0.717, 1.165) is 31.1 Å². The van der Waals surface area contributed by atoms with E-state index in [9.17, 15) is 4.79 Å². The van der Waals surface area contributed by atoms with Gasteiger partial charge < -0.3 is 10.0 Å². The summed E-state index contributed by atoms with van der Waals surface area (Å²) in [5, 5.41) is 9.74. The Kier molecular flexibility index (Phi) is 5.26. The molecule has 1 aromatic rings. The molecule has 5 heteroatoms. The fraction of sp³-hybridized carbons (Fsp3) is 0.533. The largest absolute Gasteiger partial charge is 0.465 e. The Morgan fingerprint density at radius 1 is 1.45 bits per heavy atom. The maximum absolute atomic E-state index is 10.9. The number of halogens is 1. The van der Waals surface area contributed by atoms with E-state index in [1.54, 1.807) is 0 Å². The van der Waals surface area contributed by atoms with Crippen LogP contribution in [0.3, 0.4) is 0 Å². The van der Waals surface area contributed by atoms with Crippen LogP contribution in [-0.4, -0.2) is 47.2 Å². The minimum atomic E-state index is -0.798. The maximum atomic E-state index is 10.9. The minimum absolute atomic E-state index is 0.443. The first-order valence-corrected chi connectivity index (χ1v) is 7.41. The summed E-state index contributed by atoms with van der Waals surface area (Å²) in [4.78, 5) is 14.8. The first-order chi connectivity index (χ1) is 9.58. The Labute approximate surface area is 124 Å². The van der Waals surface area contributed by atoms with Gasteiger partial charge in [-0.2, -0.15) is 0 Å². The number of nitrogens with zero attached hydrogens (tertiary/aromatic N) is 2. The molecule has 0 aliphatic carbocycles. The third-order valence-corrected chi connectivity index (χ3v) is 4.09. The van der Waals surface area contributed by atoms with Crippen LogP contribution in [0.25, 0.3) is 0 Å². The molecule has 1 aliphatic rings. The molecule has 0 bridgehead atoms. The van der Waals surface area contributed by atoms with Gasteiger partial charge >= 0.3 is 6.09 Å². The van der Waals surface area contributed by atoms with E-state index in [1.807, 2.05) is 24.3 Å². The van der Waals surface area contributed by atoms with Crippen LogP contribution >= 0.6 is 11.6 Å². The third-order valence-electron chi connectivity index (χ3n) is 3.84. The monoisotopic (exact) mass is 296 g/mol. The van der Waals surface area contributed by atoms with E-state index in [2.05, 4.69) is 11.8 Å². The van der Waals surface area contributed by atoms with Crippen LogP contribution in [0.2, 0.25) is 5.02 Å². The number of hydrogen-bond donors (Lipinski definition) is 1. The SMILES string of the molecule is CCN(Cc1ccc(Cl)cc1)CC1CCN(C(=O)O)C1. The summed E-state index contributed by atoms with van der Waals surface area (Å²) in [5.41, 5.74) is 1.24. The van der Waals surface area contributed by atoms with Crippen LogP contribution in [0, 0.1) is 5.92 Å². The Bertz CT molecular complexity index is 450. The van der Waals surface area contributed by atoms with Gasteiger partial charge in [0.2, 0.25) is 0 Å². The number of carboxylic acid groups (broad SMARTS) is 1. The molecular weight excluding hydrogens is 276 g/mol. The van der Waals surface area contributed by atoms with E-state index in [-0.39, 0.29) is 0 Å². The Morgan fingerprint density at radius 2 is 2.15 bits per heavy atom. The standard InChI is InChI=1S/C15H21ClN2O2/c1-2-17(9-12-3-5-14(16)6-4-12)10-13-7-8-18(11-13)15(19)20/h3-6,13H,2,7-11H2,1H3,(H,19,20). The topological polar surface area (TPSA) is 43.8 Å². The highest BCUT2D eigenvalue weighted by molar-refractivity contribution is 6.30. The van der Waals surface area contributed by atoms with Crippen molar-refractivity contribution in [2.24, 2.45) is 5.92 Å². The number of benzene rings is 1. The van der Waals surface area contributed by atoms with Crippen molar-refractivity contribution in [1.82, 2.24) is 9.80 Å². The highest BCUT2D eigenvalue weighted by atomic mass is 35.5. The molecule has 1 fully saturated rings. The van der Waals surface area contributed by atoms with Crippen LogP contribution in [-0.2, 0) is 6.54 Å². The fourth-order valence-electron chi connectivity index (χ4n) is 2.67. The first kappa shape index (κ1) is 15.1. The zero-order valence-electron chi connectivity index (χ0n) is 11.8. The number of carbonyl (C=O) groups is 1. The summed E-state index contributed by atoms with van der Waals surface area (Å²) in [6, 6.07) is 7.91. The lowest BCUT2D eigenvalue weighted by atomic mass is 10.1. The Hall–Kier alpha value is -1.26. The van der Waals surface area contributed by atoms with Crippen molar-refractivity contribution < 1.29 is 9.90 Å². The van der Waals surface area contributed by atoms with E-state index in [0.29, 0.717) is 19.0 Å². The van der Waals surface area contributed by atoms with E-state index in [1.165, 1.54) is 10.5 Å². The van der Waals surface area contributed by atoms with Crippen molar-refractivity contribution in [1.29, 1.82) is 0 Å². The second-order valence-corrected chi connectivity index (χ2v) is 5.77. The second-order valence-electron chi connectivity index (χ2n) is 5.34. The summed E-state index contributed by atoms with van der Waals surface area (Å²) in [6.45, 7) is 6.26. The lowest BCUT2D eigenvalue weighted by Crippen LogP contribution is -2.32. The molecule has 1 aliphatic heterocycles. The van der Waals surface area contributed by atoms with Gasteiger partial charge in [0.25, 0.3) is 0 Å². The molecule has 1 aromatic carbocycles. The van der Waals surface area contributed by atoms with Crippen LogP contribution in [0.5, 0.6) is 0 Å². The van der Waals surface area contributed by atoms with Gasteiger partial charge in [-0.3, -0.25) is 4.90 Å². The molecule has 1 atom stereocenters. The Morgan fingerprint density at radius 3 is 2.70 bits per heavy atom. The van der Waals surface area contributed by atoms with Crippen LogP contribution in [0.4, 0.5) is 4.79 Å². The average molecular weight is 297 g/mol. The fourth-order valence-corrected chi connectivity index (χ4v) is 2.80. The maximum Gasteiger partial charge on any atom is 0.407 e. The van der Waals surface area contributed by atoms with Gasteiger partial charge in [-0.05, 0) is 36.6 Å². The Balaban J connectivity index is 1.86. The van der Waals surface area contributed by atoms with E-state index >= 15 is 0 Å². The molecule has 2 rings (SSSR count). The molecule has 1 N–H and O–H groups in total. The lowest BCUT2D eigenvalue weighted by molar-refractivity contribution is 0.151. The number of amides is 1. The third kappa shape index (κ3) is 4.12. The van der Waals surface area contributed by atoms with Crippen molar-refractivity contribution >= 4 is 17.7 Å². The van der Waals surface area contributed by atoms with Gasteiger partial charge in [-0.1, -0.05) is 30.7 Å². The molecule has 0 aromatic heterocycles. The summed E-state index contributed by atoms with van der Waals surface area (Å²) < 4.78 is 0. The molecule has 0 saturated carbocycles. The van der Waals surface area contributed by atoms with Gasteiger partial charge in [-0.25, -0.2) is 4.79 Å². The highest BCUT2D eigenvalue weighted by Gasteiger charge is 2.26. The summed E-state index contributed by atoms with van der Waals surface area (Å²) >= 11 is 5.89. The zero-order valence-corrected chi connectivity index (χ0v) is 12.5. The molecule has 0 spiro atoms. The highest BCUT2D eigenvalue weighted by Crippen LogP contribution is 2.19. The molecule has 4 nitrogen and oxygen atoms in total. The molecule has 0 radical (unpaired) electrons. The summed E-state index contributed by atoms with van der Waals surface area (Å²) in [5.74, 6) is 0.443. The van der Waals surface area contributed by atoms with E-state index in [4.69, 9.17) is 16.7 Å². The predicted molar refractivity (Wildman–Crippen MR) is 80.1 cm³/mol. The van der Waals surface area contributed by atoms with Crippen LogP contribution < -0.4 is 0 Å². The van der Waals surface area contributed by atoms with Crippen molar-refractivity contribution in [2.45, 2.75) is 19.9 Å². The normalized spacial score (nSPS) is 18.8. The predicted octanol–water partition coefficient (Wildman–Crippen LogP) is 3.16. The smallest absolute Gasteiger partial charge is 0.407 e. The molecule has 1 amide bonds. The quantitative estimate of drug-likeness (QED) is 0.907. The molecule has 110 valence electrons. The zero-order chi connectivity index (χ0) is 14.5. The number of rotatable bonds is 5. The van der Waals surface area contributed by atoms with Crippen molar-refractivity contribution in [2.75, 3.05) is 26.2 Å². The average Bonchev–Trinajstić information content (AvgIpc) is 2.89. The second kappa shape index (κ2) is 6.95. The first-order valence-electron chi connectivity index (χ1n) is 7.03. The number of hydrogen-bond acceptors (Lipinski definition) is 2.